The molecule has 0 saturated heterocycles. The highest BCUT2D eigenvalue weighted by molar-refractivity contribution is 9.08. The summed E-state index contributed by atoms with van der Waals surface area (Å²) in [5.74, 6) is -1.07. The third-order valence-corrected chi connectivity index (χ3v) is 2.69. The number of nitrogens with zero attached hydrogens (tertiary/aromatic N) is 1. The zero-order valence-corrected chi connectivity index (χ0v) is 11.1. The van der Waals surface area contributed by atoms with Crippen molar-refractivity contribution < 1.29 is 31.5 Å². The van der Waals surface area contributed by atoms with Crippen molar-refractivity contribution in [2.75, 3.05) is 0 Å². The highest BCUT2D eigenvalue weighted by atomic mass is 79.9. The van der Waals surface area contributed by atoms with Crippen LogP contribution in [0.25, 0.3) is 0 Å². The zero-order chi connectivity index (χ0) is 14.8. The third kappa shape index (κ3) is 4.00. The molecule has 3 nitrogen and oxygen atoms in total. The second kappa shape index (κ2) is 6.00. The normalized spacial score (nSPS) is 11.8. The predicted molar refractivity (Wildman–Crippen MR) is 58.7 cm³/mol. The summed E-state index contributed by atoms with van der Waals surface area (Å²) >= 11 is 7.87. The van der Waals surface area contributed by atoms with E-state index in [9.17, 15) is 26.7 Å². The van der Waals surface area contributed by atoms with E-state index in [2.05, 4.69) is 25.7 Å². The Hall–Kier alpha value is -0.960. The quantitative estimate of drug-likeness (QED) is 0.454. The van der Waals surface area contributed by atoms with Gasteiger partial charge in [0.15, 0.2) is 0 Å². The molecule has 0 aliphatic heterocycles. The monoisotopic (exact) mass is 367 g/mol. The average molecular weight is 368 g/mol. The van der Waals surface area contributed by atoms with Crippen molar-refractivity contribution in [3.8, 4) is 5.75 Å². The van der Waals surface area contributed by atoms with Gasteiger partial charge in [-0.1, -0.05) is 15.9 Å². The average Bonchev–Trinajstić information content (AvgIpc) is 2.25. The van der Waals surface area contributed by atoms with Crippen LogP contribution in [-0.2, 0) is 5.33 Å². The molecule has 0 N–H and O–H groups in total. The summed E-state index contributed by atoms with van der Waals surface area (Å²) in [6.45, 7) is 0. The molecule has 0 spiro atoms. The number of halogens is 7. The number of pyridine rings is 1. The Labute approximate surface area is 116 Å². The van der Waals surface area contributed by atoms with Crippen LogP contribution >= 0.6 is 27.5 Å². The molecule has 0 aliphatic carbocycles. The van der Waals surface area contributed by atoms with Crippen LogP contribution in [0.1, 0.15) is 28.0 Å². The van der Waals surface area contributed by atoms with E-state index in [0.29, 0.717) is 0 Å². The molecular formula is C9H4BrClF5NO2. The van der Waals surface area contributed by atoms with Crippen LogP contribution in [-0.4, -0.2) is 16.6 Å². The Morgan fingerprint density at radius 2 is 2.05 bits per heavy atom. The van der Waals surface area contributed by atoms with Crippen molar-refractivity contribution in [2.24, 2.45) is 0 Å². The van der Waals surface area contributed by atoms with E-state index < -0.39 is 35.0 Å². The van der Waals surface area contributed by atoms with E-state index in [1.165, 1.54) is 0 Å². The maximum atomic E-state index is 12.6. The maximum Gasteiger partial charge on any atom is 0.573 e. The van der Waals surface area contributed by atoms with Gasteiger partial charge in [0, 0.05) is 17.1 Å². The van der Waals surface area contributed by atoms with Gasteiger partial charge in [0.1, 0.15) is 17.0 Å². The number of carbonyl (C=O) groups excluding carboxylic acids is 1. The van der Waals surface area contributed by atoms with Crippen molar-refractivity contribution in [3.05, 3.63) is 23.0 Å². The Kier molecular flexibility index (Phi) is 5.08. The standard InChI is InChI=1S/C9H4BrClF5NO2/c10-1-3-2-17-5(8(12)13)4(7(11)18)6(3)19-9(14,15)16/h2,8H,1H2. The van der Waals surface area contributed by atoms with Gasteiger partial charge in [0.2, 0.25) is 0 Å². The van der Waals surface area contributed by atoms with Gasteiger partial charge >= 0.3 is 6.36 Å². The van der Waals surface area contributed by atoms with Gasteiger partial charge in [-0.15, -0.1) is 13.2 Å². The van der Waals surface area contributed by atoms with E-state index in [1.54, 1.807) is 0 Å². The number of ether oxygens (including phenoxy) is 1. The first kappa shape index (κ1) is 16.1. The summed E-state index contributed by atoms with van der Waals surface area (Å²) in [6.07, 6.45) is -7.67. The van der Waals surface area contributed by atoms with Crippen LogP contribution in [0.2, 0.25) is 0 Å². The topological polar surface area (TPSA) is 39.2 Å². The summed E-state index contributed by atoms with van der Waals surface area (Å²) in [7, 11) is 0. The summed E-state index contributed by atoms with van der Waals surface area (Å²) in [4.78, 5) is 14.3. The van der Waals surface area contributed by atoms with E-state index in [4.69, 9.17) is 11.6 Å². The number of hydrogen-bond acceptors (Lipinski definition) is 3. The molecule has 1 rings (SSSR count). The minimum Gasteiger partial charge on any atom is -0.405 e. The van der Waals surface area contributed by atoms with Gasteiger partial charge in [-0.25, -0.2) is 8.78 Å². The van der Waals surface area contributed by atoms with Gasteiger partial charge < -0.3 is 4.74 Å². The molecule has 1 aromatic heterocycles. The molecule has 1 aromatic rings. The lowest BCUT2D eigenvalue weighted by Crippen LogP contribution is -2.21. The second-order valence-corrected chi connectivity index (χ2v) is 4.03. The third-order valence-electron chi connectivity index (χ3n) is 1.90. The molecule has 19 heavy (non-hydrogen) atoms. The van der Waals surface area contributed by atoms with Gasteiger partial charge in [0.25, 0.3) is 11.7 Å². The number of hydrogen-bond donors (Lipinski definition) is 0. The number of rotatable bonds is 4. The van der Waals surface area contributed by atoms with Crippen molar-refractivity contribution in [3.63, 3.8) is 0 Å². The van der Waals surface area contributed by atoms with Crippen molar-refractivity contribution in [1.29, 1.82) is 0 Å². The Morgan fingerprint density at radius 3 is 2.42 bits per heavy atom. The predicted octanol–water partition coefficient (Wildman–Crippen LogP) is 4.19. The highest BCUT2D eigenvalue weighted by Crippen LogP contribution is 2.36. The maximum absolute atomic E-state index is 12.6. The Bertz CT molecular complexity index is 494. The molecule has 0 amide bonds. The SMILES string of the molecule is O=C(Cl)c1c(C(F)F)ncc(CBr)c1OC(F)(F)F. The Morgan fingerprint density at radius 1 is 1.47 bits per heavy atom. The van der Waals surface area contributed by atoms with Crippen LogP contribution in [0.15, 0.2) is 6.20 Å². The van der Waals surface area contributed by atoms with Crippen molar-refractivity contribution in [2.45, 2.75) is 18.1 Å². The van der Waals surface area contributed by atoms with Crippen molar-refractivity contribution >= 4 is 32.8 Å². The fourth-order valence-electron chi connectivity index (χ4n) is 1.23. The second-order valence-electron chi connectivity index (χ2n) is 3.13. The fraction of sp³-hybridized carbons (Fsp3) is 0.333. The van der Waals surface area contributed by atoms with Crippen LogP contribution in [0.4, 0.5) is 22.0 Å². The minimum atomic E-state index is -5.15. The molecule has 0 aromatic carbocycles. The fourth-order valence-corrected chi connectivity index (χ4v) is 1.81. The first-order valence-corrected chi connectivity index (χ1v) is 5.98. The first-order valence-electron chi connectivity index (χ1n) is 4.48. The molecule has 1 heterocycles. The minimum absolute atomic E-state index is 0.188. The molecule has 0 radical (unpaired) electrons. The molecule has 0 saturated carbocycles. The summed E-state index contributed by atoms with van der Waals surface area (Å²) in [5, 5.41) is -1.70. The lowest BCUT2D eigenvalue weighted by molar-refractivity contribution is -0.275. The van der Waals surface area contributed by atoms with Crippen LogP contribution < -0.4 is 4.74 Å². The molecule has 106 valence electrons. The molecule has 0 bridgehead atoms. The molecule has 0 fully saturated rings. The summed E-state index contributed by atoms with van der Waals surface area (Å²) in [5.41, 5.74) is -2.49. The number of aromatic nitrogens is 1. The van der Waals surface area contributed by atoms with Gasteiger partial charge in [-0.3, -0.25) is 9.78 Å². The van der Waals surface area contributed by atoms with Gasteiger partial charge in [0.05, 0.1) is 0 Å². The smallest absolute Gasteiger partial charge is 0.405 e. The van der Waals surface area contributed by atoms with Crippen LogP contribution in [0.5, 0.6) is 5.75 Å². The number of carbonyl (C=O) groups is 1. The molecular weight excluding hydrogens is 364 g/mol. The highest BCUT2D eigenvalue weighted by Gasteiger charge is 2.36. The Balaban J connectivity index is 3.53. The van der Waals surface area contributed by atoms with Gasteiger partial charge in [-0.05, 0) is 11.6 Å². The summed E-state index contributed by atoms with van der Waals surface area (Å²) in [6, 6.07) is 0. The summed E-state index contributed by atoms with van der Waals surface area (Å²) < 4.78 is 65.5. The molecule has 0 aliphatic rings. The lowest BCUT2D eigenvalue weighted by atomic mass is 10.1. The zero-order valence-electron chi connectivity index (χ0n) is 8.77. The largest absolute Gasteiger partial charge is 0.573 e. The van der Waals surface area contributed by atoms with E-state index in [0.717, 1.165) is 6.20 Å². The van der Waals surface area contributed by atoms with Gasteiger partial charge in [-0.2, -0.15) is 0 Å². The van der Waals surface area contributed by atoms with E-state index in [1.807, 2.05) is 0 Å². The van der Waals surface area contributed by atoms with Crippen LogP contribution in [0.3, 0.4) is 0 Å². The number of alkyl halides is 6. The van der Waals surface area contributed by atoms with E-state index >= 15 is 0 Å². The first-order chi connectivity index (χ1) is 8.67. The van der Waals surface area contributed by atoms with E-state index in [-0.39, 0.29) is 10.9 Å². The molecule has 0 unspecified atom stereocenters. The van der Waals surface area contributed by atoms with Crippen molar-refractivity contribution in [1.82, 2.24) is 4.98 Å². The lowest BCUT2D eigenvalue weighted by Gasteiger charge is -2.16. The van der Waals surface area contributed by atoms with Crippen LogP contribution in [0, 0.1) is 0 Å². The molecule has 10 heteroatoms. The molecule has 0 atom stereocenters.